The Morgan fingerprint density at radius 3 is 3.06 bits per heavy atom. The molecule has 0 saturated heterocycles. The molecular weight excluding hydrogens is 254 g/mol. The Bertz CT molecular complexity index is 369. The summed E-state index contributed by atoms with van der Waals surface area (Å²) < 4.78 is 0.933. The van der Waals surface area contributed by atoms with E-state index in [1.54, 1.807) is 17.8 Å². The van der Waals surface area contributed by atoms with E-state index in [0.717, 1.165) is 28.7 Å². The third kappa shape index (κ3) is 3.69. The Labute approximate surface area is 110 Å². The summed E-state index contributed by atoms with van der Waals surface area (Å²) >= 11 is 3.20. The van der Waals surface area contributed by atoms with E-state index in [0.29, 0.717) is 6.54 Å². The summed E-state index contributed by atoms with van der Waals surface area (Å²) in [4.78, 5) is 0. The standard InChI is InChI=1S/C11H17N3OS2/c1-2-7-12-10-13-14-11(17-10)16-9-6-4-3-5-8(9)15/h2,8-9,15H,1,3-7H2,(H,12,13). The minimum atomic E-state index is -0.192. The van der Waals surface area contributed by atoms with E-state index >= 15 is 0 Å². The molecule has 2 atom stereocenters. The summed E-state index contributed by atoms with van der Waals surface area (Å²) in [6.45, 7) is 4.34. The second kappa shape index (κ2) is 6.37. The van der Waals surface area contributed by atoms with E-state index in [2.05, 4.69) is 22.1 Å². The van der Waals surface area contributed by atoms with Crippen LogP contribution in [0.25, 0.3) is 0 Å². The highest BCUT2D eigenvalue weighted by Crippen LogP contribution is 2.36. The van der Waals surface area contributed by atoms with Crippen molar-refractivity contribution in [2.45, 2.75) is 41.4 Å². The molecule has 1 heterocycles. The number of hydrogen-bond donors (Lipinski definition) is 2. The molecule has 1 aliphatic rings. The van der Waals surface area contributed by atoms with Gasteiger partial charge in [-0.05, 0) is 12.8 Å². The van der Waals surface area contributed by atoms with Gasteiger partial charge in [-0.3, -0.25) is 0 Å². The normalized spacial score (nSPS) is 24.5. The zero-order chi connectivity index (χ0) is 12.1. The van der Waals surface area contributed by atoms with Crippen molar-refractivity contribution >= 4 is 28.2 Å². The number of thioether (sulfide) groups is 1. The first kappa shape index (κ1) is 12.9. The second-order valence-electron chi connectivity index (χ2n) is 4.05. The van der Waals surface area contributed by atoms with Gasteiger partial charge in [0, 0.05) is 11.8 Å². The van der Waals surface area contributed by atoms with Crippen LogP contribution < -0.4 is 5.32 Å². The van der Waals surface area contributed by atoms with Gasteiger partial charge in [-0.25, -0.2) is 0 Å². The number of nitrogens with one attached hydrogen (secondary N) is 1. The van der Waals surface area contributed by atoms with Gasteiger partial charge in [0.05, 0.1) is 6.10 Å². The smallest absolute Gasteiger partial charge is 0.206 e. The summed E-state index contributed by atoms with van der Waals surface area (Å²) in [6, 6.07) is 0. The van der Waals surface area contributed by atoms with Crippen molar-refractivity contribution in [3.8, 4) is 0 Å². The molecule has 1 aromatic rings. The Morgan fingerprint density at radius 2 is 2.29 bits per heavy atom. The maximum absolute atomic E-state index is 9.89. The monoisotopic (exact) mass is 271 g/mol. The molecule has 0 radical (unpaired) electrons. The van der Waals surface area contributed by atoms with Crippen LogP contribution in [0.2, 0.25) is 0 Å². The first-order valence-corrected chi connectivity index (χ1v) is 7.52. The fourth-order valence-electron chi connectivity index (χ4n) is 1.83. The fraction of sp³-hybridized carbons (Fsp3) is 0.636. The molecule has 2 rings (SSSR count). The average Bonchev–Trinajstić information content (AvgIpc) is 2.77. The van der Waals surface area contributed by atoms with Crippen molar-refractivity contribution in [2.75, 3.05) is 11.9 Å². The van der Waals surface area contributed by atoms with Crippen LogP contribution in [0.3, 0.4) is 0 Å². The number of aromatic nitrogens is 2. The Kier molecular flexibility index (Phi) is 4.82. The minimum absolute atomic E-state index is 0.192. The third-order valence-corrected chi connectivity index (χ3v) is 5.07. The number of nitrogens with zero attached hydrogens (tertiary/aromatic N) is 2. The zero-order valence-electron chi connectivity index (χ0n) is 9.63. The first-order chi connectivity index (χ1) is 8.29. The lowest BCUT2D eigenvalue weighted by atomic mass is 9.97. The van der Waals surface area contributed by atoms with Gasteiger partial charge < -0.3 is 10.4 Å². The Morgan fingerprint density at radius 1 is 1.47 bits per heavy atom. The van der Waals surface area contributed by atoms with Crippen LogP contribution in [0.4, 0.5) is 5.13 Å². The fourth-order valence-corrected chi connectivity index (χ4v) is 4.04. The topological polar surface area (TPSA) is 58.0 Å². The largest absolute Gasteiger partial charge is 0.392 e. The number of hydrogen-bond acceptors (Lipinski definition) is 6. The molecule has 1 fully saturated rings. The van der Waals surface area contributed by atoms with Gasteiger partial charge in [-0.2, -0.15) is 0 Å². The molecule has 6 heteroatoms. The second-order valence-corrected chi connectivity index (χ2v) is 6.51. The molecule has 1 aliphatic carbocycles. The van der Waals surface area contributed by atoms with Crippen molar-refractivity contribution in [1.29, 1.82) is 0 Å². The first-order valence-electron chi connectivity index (χ1n) is 5.82. The van der Waals surface area contributed by atoms with Crippen LogP contribution in [-0.4, -0.2) is 33.2 Å². The highest BCUT2D eigenvalue weighted by atomic mass is 32.2. The summed E-state index contributed by atoms with van der Waals surface area (Å²) in [5, 5.41) is 22.3. The molecule has 4 nitrogen and oxygen atoms in total. The summed E-state index contributed by atoms with van der Waals surface area (Å²) in [5.41, 5.74) is 0. The molecule has 2 unspecified atom stereocenters. The van der Waals surface area contributed by atoms with Crippen LogP contribution in [0, 0.1) is 0 Å². The van der Waals surface area contributed by atoms with Crippen molar-refractivity contribution < 1.29 is 5.11 Å². The van der Waals surface area contributed by atoms with Gasteiger partial charge in [0.25, 0.3) is 0 Å². The van der Waals surface area contributed by atoms with E-state index in [9.17, 15) is 5.11 Å². The Balaban J connectivity index is 1.89. The van der Waals surface area contributed by atoms with E-state index in [1.807, 2.05) is 0 Å². The Hall–Kier alpha value is -0.590. The molecule has 0 amide bonds. The predicted octanol–water partition coefficient (Wildman–Crippen LogP) is 2.53. The van der Waals surface area contributed by atoms with Crippen molar-refractivity contribution in [2.24, 2.45) is 0 Å². The molecule has 2 N–H and O–H groups in total. The predicted molar refractivity (Wildman–Crippen MR) is 72.7 cm³/mol. The molecule has 94 valence electrons. The summed E-state index contributed by atoms with van der Waals surface area (Å²) in [6.07, 6.45) is 5.93. The quantitative estimate of drug-likeness (QED) is 0.806. The van der Waals surface area contributed by atoms with Gasteiger partial charge >= 0.3 is 0 Å². The lowest BCUT2D eigenvalue weighted by Gasteiger charge is -2.25. The lowest BCUT2D eigenvalue weighted by Crippen LogP contribution is -2.26. The molecule has 1 saturated carbocycles. The van der Waals surface area contributed by atoms with Gasteiger partial charge in [0.15, 0.2) is 4.34 Å². The van der Waals surface area contributed by atoms with Gasteiger partial charge in [-0.1, -0.05) is 42.0 Å². The van der Waals surface area contributed by atoms with E-state index < -0.39 is 0 Å². The highest BCUT2D eigenvalue weighted by Gasteiger charge is 2.25. The molecule has 0 bridgehead atoms. The van der Waals surface area contributed by atoms with Crippen LogP contribution in [0.1, 0.15) is 25.7 Å². The molecule has 1 aromatic heterocycles. The zero-order valence-corrected chi connectivity index (χ0v) is 11.3. The molecule has 17 heavy (non-hydrogen) atoms. The van der Waals surface area contributed by atoms with Gasteiger partial charge in [0.2, 0.25) is 5.13 Å². The SMILES string of the molecule is C=CCNc1nnc(SC2CCCCC2O)s1. The molecule has 0 spiro atoms. The molecule has 0 aromatic carbocycles. The third-order valence-electron chi connectivity index (χ3n) is 2.72. The van der Waals surface area contributed by atoms with Crippen molar-refractivity contribution in [1.82, 2.24) is 10.2 Å². The number of rotatable bonds is 5. The maximum atomic E-state index is 9.89. The number of aliphatic hydroxyl groups excluding tert-OH is 1. The minimum Gasteiger partial charge on any atom is -0.392 e. The average molecular weight is 271 g/mol. The van der Waals surface area contributed by atoms with Crippen LogP contribution >= 0.6 is 23.1 Å². The maximum Gasteiger partial charge on any atom is 0.206 e. The summed E-state index contributed by atoms with van der Waals surface area (Å²) in [7, 11) is 0. The van der Waals surface area contributed by atoms with Crippen molar-refractivity contribution in [3.05, 3.63) is 12.7 Å². The van der Waals surface area contributed by atoms with Gasteiger partial charge in [-0.15, -0.1) is 16.8 Å². The molecular formula is C11H17N3OS2. The van der Waals surface area contributed by atoms with Crippen LogP contribution in [-0.2, 0) is 0 Å². The number of aliphatic hydroxyl groups is 1. The van der Waals surface area contributed by atoms with Crippen LogP contribution in [0.15, 0.2) is 17.0 Å². The highest BCUT2D eigenvalue weighted by molar-refractivity contribution is 8.01. The molecule has 0 aliphatic heterocycles. The van der Waals surface area contributed by atoms with E-state index in [-0.39, 0.29) is 11.4 Å². The number of anilines is 1. The van der Waals surface area contributed by atoms with E-state index in [4.69, 9.17) is 0 Å². The van der Waals surface area contributed by atoms with Crippen molar-refractivity contribution in [3.63, 3.8) is 0 Å². The van der Waals surface area contributed by atoms with Crippen LogP contribution in [0.5, 0.6) is 0 Å². The van der Waals surface area contributed by atoms with E-state index in [1.165, 1.54) is 17.8 Å². The summed E-state index contributed by atoms with van der Waals surface area (Å²) in [5.74, 6) is 0. The van der Waals surface area contributed by atoms with Gasteiger partial charge in [0.1, 0.15) is 0 Å². The lowest BCUT2D eigenvalue weighted by molar-refractivity contribution is 0.137.